The number of halogens is 2. The van der Waals surface area contributed by atoms with Gasteiger partial charge in [-0.05, 0) is 36.2 Å². The Bertz CT molecular complexity index is 556. The third-order valence-corrected chi connectivity index (χ3v) is 4.48. The molecule has 102 valence electrons. The standard InChI is InChI=1S/C14H15Cl2NOS/c1-3-17-13(14-11(16)6-7-19-14)10-8-9(15)4-5-12(10)18-2/h4-8,13,17H,3H2,1-2H3. The zero-order valence-corrected chi connectivity index (χ0v) is 13.1. The molecule has 0 saturated carbocycles. The predicted octanol–water partition coefficient (Wildman–Crippen LogP) is 4.76. The highest BCUT2D eigenvalue weighted by Gasteiger charge is 2.21. The summed E-state index contributed by atoms with van der Waals surface area (Å²) in [5.74, 6) is 0.805. The van der Waals surface area contributed by atoms with Crippen molar-refractivity contribution in [3.05, 3.63) is 50.1 Å². The molecule has 0 aliphatic rings. The molecule has 1 atom stereocenters. The van der Waals surface area contributed by atoms with Gasteiger partial charge in [0.15, 0.2) is 0 Å². The SMILES string of the molecule is CCNC(c1cc(Cl)ccc1OC)c1sccc1Cl. The van der Waals surface area contributed by atoms with Gasteiger partial charge in [0.2, 0.25) is 0 Å². The largest absolute Gasteiger partial charge is 0.496 e. The number of rotatable bonds is 5. The second kappa shape index (κ2) is 6.62. The van der Waals surface area contributed by atoms with Gasteiger partial charge in [0.05, 0.1) is 18.2 Å². The lowest BCUT2D eigenvalue weighted by Crippen LogP contribution is -2.22. The minimum Gasteiger partial charge on any atom is -0.496 e. The molecule has 1 aromatic heterocycles. The van der Waals surface area contributed by atoms with E-state index in [1.807, 2.05) is 29.6 Å². The Kier molecular flexibility index (Phi) is 5.11. The zero-order valence-electron chi connectivity index (χ0n) is 10.7. The maximum Gasteiger partial charge on any atom is 0.124 e. The Morgan fingerprint density at radius 1 is 1.32 bits per heavy atom. The summed E-state index contributed by atoms with van der Waals surface area (Å²) in [6.07, 6.45) is 0. The van der Waals surface area contributed by atoms with Crippen LogP contribution in [-0.4, -0.2) is 13.7 Å². The Morgan fingerprint density at radius 3 is 2.68 bits per heavy atom. The molecular formula is C14H15Cl2NOS. The molecule has 0 spiro atoms. The highest BCUT2D eigenvalue weighted by molar-refractivity contribution is 7.10. The first kappa shape index (κ1) is 14.7. The maximum absolute atomic E-state index is 6.25. The molecule has 1 unspecified atom stereocenters. The smallest absolute Gasteiger partial charge is 0.124 e. The van der Waals surface area contributed by atoms with Gasteiger partial charge in [0.1, 0.15) is 5.75 Å². The van der Waals surface area contributed by atoms with Crippen LogP contribution >= 0.6 is 34.5 Å². The summed E-state index contributed by atoms with van der Waals surface area (Å²) in [5.41, 5.74) is 1.00. The fraction of sp³-hybridized carbons (Fsp3) is 0.286. The summed E-state index contributed by atoms with van der Waals surface area (Å²) in [7, 11) is 1.66. The quantitative estimate of drug-likeness (QED) is 0.858. The van der Waals surface area contributed by atoms with Gasteiger partial charge in [-0.3, -0.25) is 0 Å². The molecular weight excluding hydrogens is 301 g/mol. The molecule has 0 amide bonds. The van der Waals surface area contributed by atoms with Gasteiger partial charge in [-0.25, -0.2) is 0 Å². The topological polar surface area (TPSA) is 21.3 Å². The molecule has 19 heavy (non-hydrogen) atoms. The average molecular weight is 316 g/mol. The molecule has 2 rings (SSSR count). The van der Waals surface area contributed by atoms with Crippen LogP contribution in [0, 0.1) is 0 Å². The lowest BCUT2D eigenvalue weighted by molar-refractivity contribution is 0.404. The monoisotopic (exact) mass is 315 g/mol. The van der Waals surface area contributed by atoms with Gasteiger partial charge in [-0.1, -0.05) is 30.1 Å². The van der Waals surface area contributed by atoms with Crippen LogP contribution < -0.4 is 10.1 Å². The van der Waals surface area contributed by atoms with Crippen molar-refractivity contribution in [3.8, 4) is 5.75 Å². The van der Waals surface area contributed by atoms with Gasteiger partial charge >= 0.3 is 0 Å². The first-order chi connectivity index (χ1) is 9.17. The highest BCUT2D eigenvalue weighted by atomic mass is 35.5. The number of ether oxygens (including phenoxy) is 1. The van der Waals surface area contributed by atoms with E-state index in [0.717, 1.165) is 27.8 Å². The number of hydrogen-bond acceptors (Lipinski definition) is 3. The molecule has 0 saturated heterocycles. The summed E-state index contributed by atoms with van der Waals surface area (Å²) in [5, 5.41) is 6.87. The van der Waals surface area contributed by atoms with Gasteiger partial charge < -0.3 is 10.1 Å². The van der Waals surface area contributed by atoms with Crippen LogP contribution in [-0.2, 0) is 0 Å². The van der Waals surface area contributed by atoms with Crippen molar-refractivity contribution in [2.24, 2.45) is 0 Å². The number of thiophene rings is 1. The molecule has 0 fully saturated rings. The minimum atomic E-state index is -0.00819. The fourth-order valence-electron chi connectivity index (χ4n) is 1.99. The van der Waals surface area contributed by atoms with Crippen molar-refractivity contribution in [2.45, 2.75) is 13.0 Å². The summed E-state index contributed by atoms with van der Waals surface area (Å²) in [6, 6.07) is 7.52. The first-order valence-electron chi connectivity index (χ1n) is 5.97. The minimum absolute atomic E-state index is 0.00819. The fourth-order valence-corrected chi connectivity index (χ4v) is 3.43. The Hall–Kier alpha value is -0.740. The Morgan fingerprint density at radius 2 is 2.11 bits per heavy atom. The van der Waals surface area contributed by atoms with Gasteiger partial charge in [-0.2, -0.15) is 0 Å². The van der Waals surface area contributed by atoms with Crippen LogP contribution in [0.25, 0.3) is 0 Å². The van der Waals surface area contributed by atoms with E-state index >= 15 is 0 Å². The molecule has 0 bridgehead atoms. The summed E-state index contributed by atoms with van der Waals surface area (Å²) >= 11 is 14.0. The highest BCUT2D eigenvalue weighted by Crippen LogP contribution is 2.37. The number of hydrogen-bond donors (Lipinski definition) is 1. The number of methoxy groups -OCH3 is 1. The van der Waals surface area contributed by atoms with Crippen LogP contribution in [0.15, 0.2) is 29.6 Å². The summed E-state index contributed by atoms with van der Waals surface area (Å²) < 4.78 is 5.43. The summed E-state index contributed by atoms with van der Waals surface area (Å²) in [6.45, 7) is 2.89. The zero-order chi connectivity index (χ0) is 13.8. The van der Waals surface area contributed by atoms with Crippen molar-refractivity contribution in [3.63, 3.8) is 0 Å². The van der Waals surface area contributed by atoms with Crippen molar-refractivity contribution in [1.82, 2.24) is 5.32 Å². The predicted molar refractivity (Wildman–Crippen MR) is 82.9 cm³/mol. The lowest BCUT2D eigenvalue weighted by atomic mass is 10.0. The van der Waals surface area contributed by atoms with E-state index in [-0.39, 0.29) is 6.04 Å². The molecule has 1 heterocycles. The maximum atomic E-state index is 6.25. The molecule has 0 radical (unpaired) electrons. The van der Waals surface area contributed by atoms with E-state index in [0.29, 0.717) is 5.02 Å². The molecule has 2 nitrogen and oxygen atoms in total. The number of nitrogens with one attached hydrogen (secondary N) is 1. The van der Waals surface area contributed by atoms with Crippen LogP contribution in [0.5, 0.6) is 5.75 Å². The lowest BCUT2D eigenvalue weighted by Gasteiger charge is -2.20. The molecule has 5 heteroatoms. The van der Waals surface area contributed by atoms with Gasteiger partial charge in [0.25, 0.3) is 0 Å². The Balaban J connectivity index is 2.50. The summed E-state index contributed by atoms with van der Waals surface area (Å²) in [4.78, 5) is 1.07. The first-order valence-corrected chi connectivity index (χ1v) is 7.60. The van der Waals surface area contributed by atoms with Crippen LogP contribution in [0.3, 0.4) is 0 Å². The molecule has 1 N–H and O–H groups in total. The van der Waals surface area contributed by atoms with E-state index in [2.05, 4.69) is 12.2 Å². The number of benzene rings is 1. The molecule has 2 aromatic rings. The van der Waals surface area contributed by atoms with Crippen LogP contribution in [0.2, 0.25) is 10.0 Å². The van der Waals surface area contributed by atoms with E-state index in [9.17, 15) is 0 Å². The molecule has 0 aliphatic carbocycles. The van der Waals surface area contributed by atoms with E-state index < -0.39 is 0 Å². The van der Waals surface area contributed by atoms with E-state index in [1.54, 1.807) is 18.4 Å². The van der Waals surface area contributed by atoms with E-state index in [1.165, 1.54) is 0 Å². The average Bonchev–Trinajstić information content (AvgIpc) is 2.82. The van der Waals surface area contributed by atoms with Crippen molar-refractivity contribution in [1.29, 1.82) is 0 Å². The van der Waals surface area contributed by atoms with Gasteiger partial charge in [-0.15, -0.1) is 11.3 Å². The van der Waals surface area contributed by atoms with Crippen LogP contribution in [0.4, 0.5) is 0 Å². The Labute approximate surface area is 127 Å². The normalized spacial score (nSPS) is 12.4. The molecule has 0 aliphatic heterocycles. The second-order valence-electron chi connectivity index (χ2n) is 4.01. The van der Waals surface area contributed by atoms with E-state index in [4.69, 9.17) is 27.9 Å². The van der Waals surface area contributed by atoms with Crippen LogP contribution in [0.1, 0.15) is 23.4 Å². The molecule has 1 aromatic carbocycles. The third-order valence-electron chi connectivity index (χ3n) is 2.82. The second-order valence-corrected chi connectivity index (χ2v) is 5.80. The van der Waals surface area contributed by atoms with Gasteiger partial charge in [0, 0.05) is 15.5 Å². The third kappa shape index (κ3) is 3.23. The van der Waals surface area contributed by atoms with Crippen molar-refractivity contribution in [2.75, 3.05) is 13.7 Å². The van der Waals surface area contributed by atoms with Crippen molar-refractivity contribution < 1.29 is 4.74 Å². The van der Waals surface area contributed by atoms with Crippen molar-refractivity contribution >= 4 is 34.5 Å².